The first-order chi connectivity index (χ1) is 9.19. The van der Waals surface area contributed by atoms with E-state index >= 15 is 0 Å². The average Bonchev–Trinajstić information content (AvgIpc) is 2.98. The van der Waals surface area contributed by atoms with Gasteiger partial charge in [-0.15, -0.1) is 0 Å². The van der Waals surface area contributed by atoms with Gasteiger partial charge in [0.05, 0.1) is 5.56 Å². The van der Waals surface area contributed by atoms with Crippen molar-refractivity contribution in [3.05, 3.63) is 23.4 Å². The second-order valence-electron chi connectivity index (χ2n) is 5.67. The van der Waals surface area contributed by atoms with Crippen LogP contribution < -0.4 is 10.6 Å². The average molecular weight is 260 g/mol. The van der Waals surface area contributed by atoms with E-state index in [9.17, 15) is 0 Å². The number of pyridine rings is 1. The smallest absolute Gasteiger partial charge is 0.173 e. The number of anilines is 1. The van der Waals surface area contributed by atoms with Crippen LogP contribution >= 0.6 is 0 Å². The van der Waals surface area contributed by atoms with Crippen molar-refractivity contribution in [2.24, 2.45) is 22.7 Å². The lowest BCUT2D eigenvalue weighted by molar-refractivity contribution is 0.318. The van der Waals surface area contributed by atoms with Crippen LogP contribution in [0.3, 0.4) is 0 Å². The molecule has 1 saturated carbocycles. The number of nitrogens with zero attached hydrogens (tertiary/aromatic N) is 3. The first-order valence-electron chi connectivity index (χ1n) is 6.89. The highest BCUT2D eigenvalue weighted by molar-refractivity contribution is 6.01. The van der Waals surface area contributed by atoms with Crippen molar-refractivity contribution in [2.75, 3.05) is 18.0 Å². The molecule has 1 aromatic rings. The molecule has 2 unspecified atom stereocenters. The zero-order valence-electron chi connectivity index (χ0n) is 11.2. The Balaban J connectivity index is 1.93. The molecule has 3 rings (SSSR count). The number of aromatic nitrogens is 1. The molecule has 3 N–H and O–H groups in total. The molecule has 5 heteroatoms. The molecule has 0 bridgehead atoms. The monoisotopic (exact) mass is 260 g/mol. The quantitative estimate of drug-likeness (QED) is 0.367. The summed E-state index contributed by atoms with van der Waals surface area (Å²) in [6, 6.07) is 3.79. The van der Waals surface area contributed by atoms with Gasteiger partial charge >= 0.3 is 0 Å². The highest BCUT2D eigenvalue weighted by atomic mass is 16.4. The number of fused-ring (bicyclic) bond motifs is 1. The molecule has 102 valence electrons. The minimum atomic E-state index is 0.138. The highest BCUT2D eigenvalue weighted by Crippen LogP contribution is 2.39. The Bertz CT molecular complexity index is 502. The molecule has 19 heavy (non-hydrogen) atoms. The zero-order valence-corrected chi connectivity index (χ0v) is 11.2. The summed E-state index contributed by atoms with van der Waals surface area (Å²) in [6.45, 7) is 4.07. The topological polar surface area (TPSA) is 74.7 Å². The molecule has 2 aliphatic rings. The Morgan fingerprint density at radius 2 is 2.05 bits per heavy atom. The fourth-order valence-electron chi connectivity index (χ4n) is 3.45. The van der Waals surface area contributed by atoms with E-state index in [2.05, 4.69) is 15.0 Å². The van der Waals surface area contributed by atoms with Crippen LogP contribution in [0.4, 0.5) is 5.82 Å². The van der Waals surface area contributed by atoms with Crippen LogP contribution in [0.1, 0.15) is 30.5 Å². The molecule has 0 amide bonds. The molecule has 5 nitrogen and oxygen atoms in total. The van der Waals surface area contributed by atoms with E-state index in [0.29, 0.717) is 0 Å². The summed E-state index contributed by atoms with van der Waals surface area (Å²) in [5, 5.41) is 12.0. The summed E-state index contributed by atoms with van der Waals surface area (Å²) in [7, 11) is 0. The van der Waals surface area contributed by atoms with Crippen LogP contribution in [0, 0.1) is 18.8 Å². The molecule has 1 saturated heterocycles. The maximum Gasteiger partial charge on any atom is 0.173 e. The molecular weight excluding hydrogens is 240 g/mol. The van der Waals surface area contributed by atoms with Gasteiger partial charge in [0.15, 0.2) is 5.84 Å². The summed E-state index contributed by atoms with van der Waals surface area (Å²) < 4.78 is 0. The Morgan fingerprint density at radius 1 is 1.37 bits per heavy atom. The van der Waals surface area contributed by atoms with E-state index in [1.54, 1.807) is 0 Å². The summed E-state index contributed by atoms with van der Waals surface area (Å²) in [5.74, 6) is 2.59. The standard InChI is InChI=1S/C14H20N4O/c1-9-5-6-12(13(15)17-19)14(16-9)18-7-10-3-2-4-11(10)8-18/h5-6,10-11,19H,2-4,7-8H2,1H3,(H2,15,17). The third kappa shape index (κ3) is 2.13. The van der Waals surface area contributed by atoms with Crippen molar-refractivity contribution in [1.29, 1.82) is 0 Å². The summed E-state index contributed by atoms with van der Waals surface area (Å²) >= 11 is 0. The van der Waals surface area contributed by atoms with E-state index in [0.717, 1.165) is 42.0 Å². The lowest BCUT2D eigenvalue weighted by Gasteiger charge is -2.21. The van der Waals surface area contributed by atoms with E-state index < -0.39 is 0 Å². The third-order valence-corrected chi connectivity index (χ3v) is 4.42. The first kappa shape index (κ1) is 12.3. The van der Waals surface area contributed by atoms with Gasteiger partial charge < -0.3 is 15.8 Å². The first-order valence-corrected chi connectivity index (χ1v) is 6.89. The van der Waals surface area contributed by atoms with Crippen molar-refractivity contribution >= 4 is 11.7 Å². The number of amidine groups is 1. The zero-order chi connectivity index (χ0) is 13.4. The van der Waals surface area contributed by atoms with Crippen molar-refractivity contribution in [3.63, 3.8) is 0 Å². The van der Waals surface area contributed by atoms with Crippen LogP contribution in [-0.2, 0) is 0 Å². The molecule has 1 aromatic heterocycles. The minimum absolute atomic E-state index is 0.138. The van der Waals surface area contributed by atoms with Crippen molar-refractivity contribution in [3.8, 4) is 0 Å². The summed E-state index contributed by atoms with van der Waals surface area (Å²) in [4.78, 5) is 6.91. The molecule has 1 aliphatic heterocycles. The van der Waals surface area contributed by atoms with E-state index in [1.807, 2.05) is 19.1 Å². The number of aryl methyl sites for hydroxylation is 1. The van der Waals surface area contributed by atoms with Crippen molar-refractivity contribution in [1.82, 2.24) is 4.98 Å². The minimum Gasteiger partial charge on any atom is -0.409 e. The fourth-order valence-corrected chi connectivity index (χ4v) is 3.45. The van der Waals surface area contributed by atoms with E-state index in [-0.39, 0.29) is 5.84 Å². The van der Waals surface area contributed by atoms with Gasteiger partial charge in [0.25, 0.3) is 0 Å². The van der Waals surface area contributed by atoms with Gasteiger partial charge in [-0.2, -0.15) is 0 Å². The Kier molecular flexibility index (Phi) is 3.05. The normalized spacial score (nSPS) is 26.8. The Hall–Kier alpha value is -1.78. The Labute approximate surface area is 113 Å². The molecule has 2 fully saturated rings. The SMILES string of the molecule is Cc1ccc(/C(N)=N/O)c(N2CC3CCCC3C2)n1. The number of nitrogens with two attached hydrogens (primary N) is 1. The molecule has 0 spiro atoms. The van der Waals surface area contributed by atoms with Gasteiger partial charge in [0.2, 0.25) is 0 Å². The van der Waals surface area contributed by atoms with Gasteiger partial charge in [-0.1, -0.05) is 11.6 Å². The maximum atomic E-state index is 8.90. The van der Waals surface area contributed by atoms with Gasteiger partial charge in [0, 0.05) is 18.8 Å². The fraction of sp³-hybridized carbons (Fsp3) is 0.571. The van der Waals surface area contributed by atoms with Crippen LogP contribution in [0.2, 0.25) is 0 Å². The molecule has 1 aliphatic carbocycles. The van der Waals surface area contributed by atoms with Gasteiger partial charge in [-0.25, -0.2) is 4.98 Å². The molecule has 2 atom stereocenters. The van der Waals surface area contributed by atoms with Crippen LogP contribution in [0.15, 0.2) is 17.3 Å². The lowest BCUT2D eigenvalue weighted by atomic mass is 10.0. The number of hydrogen-bond donors (Lipinski definition) is 2. The summed E-state index contributed by atoms with van der Waals surface area (Å²) in [5.41, 5.74) is 7.45. The van der Waals surface area contributed by atoms with Crippen molar-refractivity contribution in [2.45, 2.75) is 26.2 Å². The molecule has 0 aromatic carbocycles. The Morgan fingerprint density at radius 3 is 2.68 bits per heavy atom. The highest BCUT2D eigenvalue weighted by Gasteiger charge is 2.37. The molecule has 0 radical (unpaired) electrons. The largest absolute Gasteiger partial charge is 0.409 e. The number of rotatable bonds is 2. The van der Waals surface area contributed by atoms with Gasteiger partial charge in [-0.3, -0.25) is 0 Å². The van der Waals surface area contributed by atoms with Crippen LogP contribution in [0.25, 0.3) is 0 Å². The molecular formula is C14H20N4O. The second kappa shape index (κ2) is 4.72. The van der Waals surface area contributed by atoms with E-state index in [1.165, 1.54) is 19.3 Å². The number of hydrogen-bond acceptors (Lipinski definition) is 4. The van der Waals surface area contributed by atoms with Crippen LogP contribution in [-0.4, -0.2) is 29.1 Å². The lowest BCUT2D eigenvalue weighted by Crippen LogP contribution is -2.26. The maximum absolute atomic E-state index is 8.90. The third-order valence-electron chi connectivity index (χ3n) is 4.42. The van der Waals surface area contributed by atoms with Crippen molar-refractivity contribution < 1.29 is 5.21 Å². The summed E-state index contributed by atoms with van der Waals surface area (Å²) in [6.07, 6.45) is 4.01. The predicted molar refractivity (Wildman–Crippen MR) is 74.5 cm³/mol. The van der Waals surface area contributed by atoms with E-state index in [4.69, 9.17) is 10.9 Å². The predicted octanol–water partition coefficient (Wildman–Crippen LogP) is 1.72. The van der Waals surface area contributed by atoms with Gasteiger partial charge in [-0.05, 0) is 43.7 Å². The number of oxime groups is 1. The van der Waals surface area contributed by atoms with Crippen LogP contribution in [0.5, 0.6) is 0 Å². The molecule has 2 heterocycles. The van der Waals surface area contributed by atoms with Gasteiger partial charge in [0.1, 0.15) is 5.82 Å². The second-order valence-corrected chi connectivity index (χ2v) is 5.67.